The van der Waals surface area contributed by atoms with Gasteiger partial charge < -0.3 is 10.8 Å². The number of carboxylic acid groups (broad SMARTS) is 1. The molecular weight excluding hydrogens is 214 g/mol. The Labute approximate surface area is 103 Å². The number of hydrogen-bond acceptors (Lipinski definition) is 2. The van der Waals surface area contributed by atoms with Crippen LogP contribution in [0.1, 0.15) is 45.8 Å². The summed E-state index contributed by atoms with van der Waals surface area (Å²) in [7, 11) is 0. The minimum absolute atomic E-state index is 0.0242. The van der Waals surface area contributed by atoms with Gasteiger partial charge in [-0.3, -0.25) is 4.79 Å². The van der Waals surface area contributed by atoms with Gasteiger partial charge in [0.05, 0.1) is 6.42 Å². The fourth-order valence-corrected chi connectivity index (χ4v) is 2.38. The summed E-state index contributed by atoms with van der Waals surface area (Å²) in [4.78, 5) is 10.8. The van der Waals surface area contributed by atoms with E-state index in [-0.39, 0.29) is 6.42 Å². The minimum Gasteiger partial charge on any atom is -0.481 e. The zero-order chi connectivity index (χ0) is 13.3. The molecule has 0 bridgehead atoms. The Hall–Kier alpha value is -1.35. The lowest BCUT2D eigenvalue weighted by molar-refractivity contribution is -0.137. The molecule has 0 fully saturated rings. The maximum absolute atomic E-state index is 10.8. The molecule has 3 N–H and O–H groups in total. The Morgan fingerprint density at radius 2 is 1.35 bits per heavy atom. The normalized spacial score (nSPS) is 12.6. The smallest absolute Gasteiger partial charge is 0.305 e. The lowest BCUT2D eigenvalue weighted by atomic mass is 9.86. The molecule has 3 heteroatoms. The average molecular weight is 235 g/mol. The summed E-state index contributed by atoms with van der Waals surface area (Å²) in [5.74, 6) is -0.854. The first-order valence-corrected chi connectivity index (χ1v) is 5.81. The Morgan fingerprint density at radius 1 is 1.00 bits per heavy atom. The molecule has 0 amide bonds. The predicted octanol–water partition coefficient (Wildman–Crippen LogP) is 2.70. The van der Waals surface area contributed by atoms with Crippen LogP contribution in [0.5, 0.6) is 0 Å². The van der Waals surface area contributed by atoms with Gasteiger partial charge in [-0.15, -0.1) is 0 Å². The topological polar surface area (TPSA) is 63.3 Å². The van der Waals surface area contributed by atoms with E-state index < -0.39 is 12.0 Å². The highest BCUT2D eigenvalue weighted by molar-refractivity contribution is 5.68. The summed E-state index contributed by atoms with van der Waals surface area (Å²) in [6.45, 7) is 10.3. The van der Waals surface area contributed by atoms with Gasteiger partial charge in [0.15, 0.2) is 0 Å². The van der Waals surface area contributed by atoms with Crippen molar-refractivity contribution in [1.82, 2.24) is 0 Å². The fourth-order valence-electron chi connectivity index (χ4n) is 2.38. The maximum Gasteiger partial charge on any atom is 0.305 e. The van der Waals surface area contributed by atoms with E-state index in [4.69, 9.17) is 10.8 Å². The van der Waals surface area contributed by atoms with Crippen LogP contribution in [-0.4, -0.2) is 11.1 Å². The van der Waals surface area contributed by atoms with Crippen molar-refractivity contribution in [2.24, 2.45) is 5.73 Å². The number of carbonyl (C=O) groups is 1. The van der Waals surface area contributed by atoms with Gasteiger partial charge in [-0.05, 0) is 68.0 Å². The third-order valence-electron chi connectivity index (χ3n) is 3.82. The van der Waals surface area contributed by atoms with Crippen molar-refractivity contribution in [3.05, 3.63) is 33.4 Å². The van der Waals surface area contributed by atoms with Crippen LogP contribution >= 0.6 is 0 Å². The van der Waals surface area contributed by atoms with E-state index >= 15 is 0 Å². The van der Waals surface area contributed by atoms with E-state index in [9.17, 15) is 4.79 Å². The highest BCUT2D eigenvalue weighted by Gasteiger charge is 2.19. The van der Waals surface area contributed by atoms with E-state index in [1.54, 1.807) is 0 Å². The zero-order valence-electron chi connectivity index (χ0n) is 11.2. The molecule has 0 saturated carbocycles. The molecule has 17 heavy (non-hydrogen) atoms. The molecule has 1 atom stereocenters. The summed E-state index contributed by atoms with van der Waals surface area (Å²) in [5, 5.41) is 8.84. The fraction of sp³-hybridized carbons (Fsp3) is 0.500. The van der Waals surface area contributed by atoms with E-state index in [1.807, 2.05) is 13.8 Å². The predicted molar refractivity (Wildman–Crippen MR) is 69.3 cm³/mol. The second kappa shape index (κ2) is 4.88. The molecule has 0 aliphatic rings. The van der Waals surface area contributed by atoms with Crippen LogP contribution in [0.25, 0.3) is 0 Å². The second-order valence-corrected chi connectivity index (χ2v) is 4.74. The highest BCUT2D eigenvalue weighted by Crippen LogP contribution is 2.30. The maximum atomic E-state index is 10.8. The molecular formula is C14H21NO2. The largest absolute Gasteiger partial charge is 0.481 e. The molecule has 0 unspecified atom stereocenters. The number of nitrogens with two attached hydrogens (primary N) is 1. The lowest BCUT2D eigenvalue weighted by Crippen LogP contribution is -2.19. The van der Waals surface area contributed by atoms with Crippen molar-refractivity contribution >= 4 is 5.97 Å². The Morgan fingerprint density at radius 3 is 1.71 bits per heavy atom. The summed E-state index contributed by atoms with van der Waals surface area (Å²) < 4.78 is 0. The molecule has 0 heterocycles. The van der Waals surface area contributed by atoms with E-state index in [1.165, 1.54) is 16.7 Å². The van der Waals surface area contributed by atoms with Crippen molar-refractivity contribution in [2.45, 2.75) is 47.1 Å². The monoisotopic (exact) mass is 235 g/mol. The number of rotatable bonds is 3. The average Bonchev–Trinajstić information content (AvgIpc) is 2.23. The van der Waals surface area contributed by atoms with Crippen LogP contribution in [0.15, 0.2) is 0 Å². The van der Waals surface area contributed by atoms with Crippen LogP contribution in [-0.2, 0) is 4.79 Å². The number of aliphatic carboxylic acids is 1. The molecule has 0 aromatic heterocycles. The van der Waals surface area contributed by atoms with E-state index in [0.29, 0.717) is 0 Å². The molecule has 94 valence electrons. The molecule has 1 rings (SSSR count). The van der Waals surface area contributed by atoms with Gasteiger partial charge in [0.1, 0.15) is 0 Å². The van der Waals surface area contributed by atoms with Crippen molar-refractivity contribution < 1.29 is 9.90 Å². The van der Waals surface area contributed by atoms with Gasteiger partial charge in [-0.1, -0.05) is 0 Å². The van der Waals surface area contributed by atoms with E-state index in [2.05, 4.69) is 20.8 Å². The SMILES string of the molecule is Cc1c(C)c(C)c([C@@H](N)CC(=O)O)c(C)c1C. The number of hydrogen-bond donors (Lipinski definition) is 2. The lowest BCUT2D eigenvalue weighted by Gasteiger charge is -2.22. The molecule has 0 saturated heterocycles. The van der Waals surface area contributed by atoms with Gasteiger partial charge in [0.25, 0.3) is 0 Å². The molecule has 0 spiro atoms. The Kier molecular flexibility index (Phi) is 3.94. The van der Waals surface area contributed by atoms with Gasteiger partial charge in [-0.2, -0.15) is 0 Å². The molecule has 1 aromatic carbocycles. The van der Waals surface area contributed by atoms with Crippen LogP contribution in [0.3, 0.4) is 0 Å². The molecule has 0 radical (unpaired) electrons. The standard InChI is InChI=1S/C14H21NO2/c1-7-8(2)10(4)14(11(5)9(7)3)12(15)6-13(16)17/h12H,6,15H2,1-5H3,(H,16,17)/t12-/m0/s1. The summed E-state index contributed by atoms with van der Waals surface area (Å²) >= 11 is 0. The van der Waals surface area contributed by atoms with Gasteiger partial charge in [-0.25, -0.2) is 0 Å². The number of benzene rings is 1. The first kappa shape index (κ1) is 13.7. The molecule has 1 aromatic rings. The van der Waals surface area contributed by atoms with Crippen LogP contribution in [0.2, 0.25) is 0 Å². The molecule has 0 aliphatic heterocycles. The third kappa shape index (κ3) is 2.50. The van der Waals surface area contributed by atoms with Crippen molar-refractivity contribution in [2.75, 3.05) is 0 Å². The van der Waals surface area contributed by atoms with Gasteiger partial charge in [0.2, 0.25) is 0 Å². The number of carboxylic acids is 1. The van der Waals surface area contributed by atoms with Crippen molar-refractivity contribution in [3.8, 4) is 0 Å². The summed E-state index contributed by atoms with van der Waals surface area (Å²) in [6, 6.07) is -0.425. The third-order valence-corrected chi connectivity index (χ3v) is 3.82. The minimum atomic E-state index is -0.854. The first-order chi connectivity index (χ1) is 7.77. The summed E-state index contributed by atoms with van der Waals surface area (Å²) in [6.07, 6.45) is -0.0242. The zero-order valence-corrected chi connectivity index (χ0v) is 11.2. The van der Waals surface area contributed by atoms with Crippen molar-refractivity contribution in [3.63, 3.8) is 0 Å². The van der Waals surface area contributed by atoms with Crippen molar-refractivity contribution in [1.29, 1.82) is 0 Å². The van der Waals surface area contributed by atoms with Gasteiger partial charge in [0, 0.05) is 6.04 Å². The highest BCUT2D eigenvalue weighted by atomic mass is 16.4. The Balaban J connectivity index is 3.38. The van der Waals surface area contributed by atoms with Crippen LogP contribution < -0.4 is 5.73 Å². The second-order valence-electron chi connectivity index (χ2n) is 4.74. The van der Waals surface area contributed by atoms with Gasteiger partial charge >= 0.3 is 5.97 Å². The first-order valence-electron chi connectivity index (χ1n) is 5.81. The molecule has 0 aliphatic carbocycles. The summed E-state index contributed by atoms with van der Waals surface area (Å²) in [5.41, 5.74) is 12.9. The molecule has 3 nitrogen and oxygen atoms in total. The Bertz CT molecular complexity index is 435. The van der Waals surface area contributed by atoms with Crippen LogP contribution in [0, 0.1) is 34.6 Å². The van der Waals surface area contributed by atoms with Crippen LogP contribution in [0.4, 0.5) is 0 Å². The quantitative estimate of drug-likeness (QED) is 0.846. The van der Waals surface area contributed by atoms with E-state index in [0.717, 1.165) is 16.7 Å².